The molecule has 0 fully saturated rings. The molecule has 0 aromatic carbocycles. The first-order valence-corrected chi connectivity index (χ1v) is 3.73. The Kier molecular flexibility index (Phi) is 15.3. The molecule has 0 amide bonds. The first kappa shape index (κ1) is 13.4. The summed E-state index contributed by atoms with van der Waals surface area (Å²) in [5.74, 6) is 0. The Labute approximate surface area is 67.1 Å². The largest absolute Gasteiger partial charge is 0.396 e. The highest BCUT2D eigenvalue weighted by Crippen LogP contribution is 1.83. The summed E-state index contributed by atoms with van der Waals surface area (Å²) >= 11 is 0. The van der Waals surface area contributed by atoms with Crippen LogP contribution in [0.3, 0.4) is 0 Å². The lowest BCUT2D eigenvalue weighted by Crippen LogP contribution is -2.08. The van der Waals surface area contributed by atoms with Gasteiger partial charge in [0.15, 0.2) is 0 Å². The summed E-state index contributed by atoms with van der Waals surface area (Å²) in [7, 11) is 0. The second kappa shape index (κ2) is 12.5. The molecule has 0 aromatic heterocycles. The fraction of sp³-hybridized carbons (Fsp3) is 1.00. The molecular formula is C7H18O4. The summed E-state index contributed by atoms with van der Waals surface area (Å²) < 4.78 is 0. The molecule has 0 bridgehead atoms. The van der Waals surface area contributed by atoms with Crippen molar-refractivity contribution in [2.24, 2.45) is 0 Å². The summed E-state index contributed by atoms with van der Waals surface area (Å²) in [6.45, 7) is 1.89. The van der Waals surface area contributed by atoms with Crippen LogP contribution >= 0.6 is 0 Å². The molecule has 0 aromatic rings. The van der Waals surface area contributed by atoms with Crippen LogP contribution in [0.2, 0.25) is 0 Å². The SMILES string of the molecule is CCC(O)CO.OCCCO. The maximum atomic E-state index is 8.42. The smallest absolute Gasteiger partial charge is 0.0768 e. The normalized spacial score (nSPS) is 11.7. The molecule has 0 spiro atoms. The summed E-state index contributed by atoms with van der Waals surface area (Å²) in [5.41, 5.74) is 0. The molecule has 0 rings (SSSR count). The van der Waals surface area contributed by atoms with Gasteiger partial charge in [-0.3, -0.25) is 0 Å². The minimum atomic E-state index is -0.509. The number of hydrogen-bond acceptors (Lipinski definition) is 4. The number of aliphatic hydroxyl groups excluding tert-OH is 4. The Balaban J connectivity index is 0. The van der Waals surface area contributed by atoms with E-state index in [0.717, 1.165) is 0 Å². The molecule has 0 heterocycles. The van der Waals surface area contributed by atoms with Crippen LogP contribution in [0.5, 0.6) is 0 Å². The van der Waals surface area contributed by atoms with Gasteiger partial charge in [-0.2, -0.15) is 0 Å². The van der Waals surface area contributed by atoms with Crippen LogP contribution in [0.15, 0.2) is 0 Å². The van der Waals surface area contributed by atoms with Crippen molar-refractivity contribution in [2.75, 3.05) is 19.8 Å². The molecule has 0 saturated heterocycles. The Bertz CT molecular complexity index is 52.4. The molecule has 70 valence electrons. The van der Waals surface area contributed by atoms with E-state index in [0.29, 0.717) is 12.8 Å². The summed E-state index contributed by atoms with van der Waals surface area (Å²) in [5, 5.41) is 32.3. The van der Waals surface area contributed by atoms with Gasteiger partial charge in [0.2, 0.25) is 0 Å². The molecule has 0 aliphatic heterocycles. The Morgan fingerprint density at radius 1 is 1.09 bits per heavy atom. The van der Waals surface area contributed by atoms with Crippen molar-refractivity contribution in [2.45, 2.75) is 25.9 Å². The van der Waals surface area contributed by atoms with Gasteiger partial charge >= 0.3 is 0 Å². The van der Waals surface area contributed by atoms with Crippen molar-refractivity contribution < 1.29 is 20.4 Å². The van der Waals surface area contributed by atoms with Crippen LogP contribution in [0.25, 0.3) is 0 Å². The van der Waals surface area contributed by atoms with Gasteiger partial charge in [-0.05, 0) is 12.8 Å². The molecule has 0 aliphatic rings. The third-order valence-corrected chi connectivity index (χ3v) is 0.998. The van der Waals surface area contributed by atoms with Gasteiger partial charge in [-0.15, -0.1) is 0 Å². The van der Waals surface area contributed by atoms with Gasteiger partial charge in [0.05, 0.1) is 12.7 Å². The highest BCUT2D eigenvalue weighted by atomic mass is 16.3. The fourth-order valence-electron chi connectivity index (χ4n) is 0.200. The highest BCUT2D eigenvalue weighted by Gasteiger charge is 1.92. The zero-order valence-corrected chi connectivity index (χ0v) is 6.90. The van der Waals surface area contributed by atoms with Crippen LogP contribution in [-0.2, 0) is 0 Å². The van der Waals surface area contributed by atoms with E-state index in [1.54, 1.807) is 0 Å². The minimum absolute atomic E-state index is 0.0938. The number of rotatable bonds is 4. The lowest BCUT2D eigenvalue weighted by atomic mass is 10.3. The minimum Gasteiger partial charge on any atom is -0.396 e. The monoisotopic (exact) mass is 166 g/mol. The van der Waals surface area contributed by atoms with Crippen molar-refractivity contribution in [3.8, 4) is 0 Å². The molecule has 1 atom stereocenters. The van der Waals surface area contributed by atoms with Crippen LogP contribution < -0.4 is 0 Å². The maximum Gasteiger partial charge on any atom is 0.0768 e. The van der Waals surface area contributed by atoms with Gasteiger partial charge < -0.3 is 20.4 Å². The molecule has 0 radical (unpaired) electrons. The summed E-state index contributed by atoms with van der Waals surface area (Å²) in [4.78, 5) is 0. The third kappa shape index (κ3) is 17.7. The molecule has 0 saturated carbocycles. The number of aliphatic hydroxyl groups is 4. The zero-order valence-electron chi connectivity index (χ0n) is 6.90. The topological polar surface area (TPSA) is 80.9 Å². The van der Waals surface area contributed by atoms with Crippen LogP contribution in [0.4, 0.5) is 0 Å². The fourth-order valence-corrected chi connectivity index (χ4v) is 0.200. The van der Waals surface area contributed by atoms with Crippen molar-refractivity contribution in [1.29, 1.82) is 0 Å². The molecule has 4 nitrogen and oxygen atoms in total. The van der Waals surface area contributed by atoms with Gasteiger partial charge in [-0.1, -0.05) is 6.92 Å². The van der Waals surface area contributed by atoms with E-state index in [-0.39, 0.29) is 19.8 Å². The highest BCUT2D eigenvalue weighted by molar-refractivity contribution is 4.43. The van der Waals surface area contributed by atoms with E-state index in [2.05, 4.69) is 0 Å². The summed E-state index contributed by atoms with van der Waals surface area (Å²) in [6, 6.07) is 0. The van der Waals surface area contributed by atoms with Gasteiger partial charge in [0.25, 0.3) is 0 Å². The van der Waals surface area contributed by atoms with E-state index in [1.807, 2.05) is 6.92 Å². The molecule has 4 heteroatoms. The van der Waals surface area contributed by atoms with Crippen molar-refractivity contribution in [1.82, 2.24) is 0 Å². The second-order valence-corrected chi connectivity index (χ2v) is 2.05. The number of hydrogen-bond donors (Lipinski definition) is 4. The average molecular weight is 166 g/mol. The maximum absolute atomic E-state index is 8.42. The van der Waals surface area contributed by atoms with E-state index >= 15 is 0 Å². The molecule has 4 N–H and O–H groups in total. The predicted octanol–water partition coefficient (Wildman–Crippen LogP) is -0.889. The Hall–Kier alpha value is -0.160. The van der Waals surface area contributed by atoms with Crippen LogP contribution in [-0.4, -0.2) is 46.4 Å². The third-order valence-electron chi connectivity index (χ3n) is 0.998. The van der Waals surface area contributed by atoms with Gasteiger partial charge in [0.1, 0.15) is 0 Å². The zero-order chi connectivity index (χ0) is 9.11. The van der Waals surface area contributed by atoms with Gasteiger partial charge in [0, 0.05) is 13.2 Å². The van der Waals surface area contributed by atoms with Crippen molar-refractivity contribution in [3.63, 3.8) is 0 Å². The van der Waals surface area contributed by atoms with Gasteiger partial charge in [-0.25, -0.2) is 0 Å². The summed E-state index contributed by atoms with van der Waals surface area (Å²) in [6.07, 6.45) is 0.626. The Morgan fingerprint density at radius 3 is 1.55 bits per heavy atom. The lowest BCUT2D eigenvalue weighted by Gasteiger charge is -1.97. The van der Waals surface area contributed by atoms with E-state index in [4.69, 9.17) is 20.4 Å². The van der Waals surface area contributed by atoms with Crippen LogP contribution in [0, 0.1) is 0 Å². The standard InChI is InChI=1S/C4H10O2.C3H8O2/c1-2-4(6)3-5;4-2-1-3-5/h4-6H,2-3H2,1H3;4-5H,1-3H2. The predicted molar refractivity (Wildman–Crippen MR) is 42.2 cm³/mol. The molecule has 1 unspecified atom stereocenters. The average Bonchev–Trinajstić information content (AvgIpc) is 2.06. The Morgan fingerprint density at radius 2 is 1.55 bits per heavy atom. The van der Waals surface area contributed by atoms with Crippen LogP contribution in [0.1, 0.15) is 19.8 Å². The van der Waals surface area contributed by atoms with E-state index in [1.165, 1.54) is 0 Å². The molecule has 0 aliphatic carbocycles. The first-order valence-electron chi connectivity index (χ1n) is 3.73. The lowest BCUT2D eigenvalue weighted by molar-refractivity contribution is 0.0923. The van der Waals surface area contributed by atoms with E-state index in [9.17, 15) is 0 Å². The quantitative estimate of drug-likeness (QED) is 0.437. The first-order chi connectivity index (χ1) is 5.22. The molecule has 11 heavy (non-hydrogen) atoms. The van der Waals surface area contributed by atoms with Crippen molar-refractivity contribution in [3.05, 3.63) is 0 Å². The molecular weight excluding hydrogens is 148 g/mol. The second-order valence-electron chi connectivity index (χ2n) is 2.05. The van der Waals surface area contributed by atoms with Crippen molar-refractivity contribution >= 4 is 0 Å². The van der Waals surface area contributed by atoms with E-state index < -0.39 is 6.10 Å².